The van der Waals surface area contributed by atoms with Crippen LogP contribution in [0.15, 0.2) is 85.0 Å². The molecule has 6 nitrogen and oxygen atoms in total. The van der Waals surface area contributed by atoms with Gasteiger partial charge in [-0.15, -0.1) is 0 Å². The maximum atomic E-state index is 13.4. The number of fused-ring (bicyclic) bond motifs is 1. The van der Waals surface area contributed by atoms with Gasteiger partial charge in [-0.1, -0.05) is 79.9 Å². The van der Waals surface area contributed by atoms with Crippen molar-refractivity contribution in [3.63, 3.8) is 0 Å². The largest absolute Gasteiger partial charge is 0.336 e. The van der Waals surface area contributed by atoms with E-state index in [1.807, 2.05) is 52.9 Å². The Morgan fingerprint density at radius 3 is 2.66 bits per heavy atom. The van der Waals surface area contributed by atoms with Gasteiger partial charge in [0.25, 0.3) is 0 Å². The number of halogens is 2. The van der Waals surface area contributed by atoms with Gasteiger partial charge < -0.3 is 15.2 Å². The van der Waals surface area contributed by atoms with E-state index in [0.717, 1.165) is 34.4 Å². The van der Waals surface area contributed by atoms with Crippen LogP contribution >= 0.6 is 23.2 Å². The molecule has 0 radical (unpaired) electrons. The zero-order chi connectivity index (χ0) is 27.0. The lowest BCUT2D eigenvalue weighted by atomic mass is 9.72. The van der Waals surface area contributed by atoms with Gasteiger partial charge in [0.1, 0.15) is 10.7 Å². The molecule has 2 aliphatic rings. The minimum Gasteiger partial charge on any atom is -0.336 e. The third-order valence-corrected chi connectivity index (χ3v) is 8.16. The van der Waals surface area contributed by atoms with E-state index < -0.39 is 5.54 Å². The molecular formula is C30H31Cl2N5O. The first kappa shape index (κ1) is 26.4. The molecule has 2 N–H and O–H groups in total. The van der Waals surface area contributed by atoms with Gasteiger partial charge in [-0.25, -0.2) is 9.97 Å². The number of pyridine rings is 1. The maximum Gasteiger partial charge on any atom is 0.247 e. The molecule has 196 valence electrons. The number of nitrogens with two attached hydrogens (primary N) is 1. The molecule has 38 heavy (non-hydrogen) atoms. The van der Waals surface area contributed by atoms with Crippen molar-refractivity contribution >= 4 is 34.7 Å². The van der Waals surface area contributed by atoms with E-state index in [1.165, 1.54) is 0 Å². The zero-order valence-corrected chi connectivity index (χ0v) is 23.2. The van der Waals surface area contributed by atoms with Gasteiger partial charge in [-0.3, -0.25) is 4.79 Å². The Kier molecular flexibility index (Phi) is 7.32. The van der Waals surface area contributed by atoms with E-state index in [9.17, 15) is 4.79 Å². The van der Waals surface area contributed by atoms with Crippen LogP contribution in [-0.4, -0.2) is 37.9 Å². The number of imidazole rings is 1. The van der Waals surface area contributed by atoms with Gasteiger partial charge in [0.2, 0.25) is 5.91 Å². The normalized spacial score (nSPS) is 21.4. The van der Waals surface area contributed by atoms with Crippen molar-refractivity contribution in [3.05, 3.63) is 112 Å². The topological polar surface area (TPSA) is 77.0 Å². The van der Waals surface area contributed by atoms with Gasteiger partial charge >= 0.3 is 0 Å². The summed E-state index contributed by atoms with van der Waals surface area (Å²) in [4.78, 5) is 24.1. The average molecular weight is 549 g/mol. The highest BCUT2D eigenvalue weighted by molar-refractivity contribution is 6.30. The van der Waals surface area contributed by atoms with Crippen LogP contribution in [0.4, 0.5) is 0 Å². The van der Waals surface area contributed by atoms with E-state index in [4.69, 9.17) is 28.9 Å². The van der Waals surface area contributed by atoms with Crippen molar-refractivity contribution in [2.75, 3.05) is 6.54 Å². The number of carbonyl (C=O) groups is 1. The second kappa shape index (κ2) is 10.5. The summed E-state index contributed by atoms with van der Waals surface area (Å²) in [6.45, 7) is 5.00. The minimum absolute atomic E-state index is 0.00979. The first-order valence-corrected chi connectivity index (χ1v) is 13.5. The fourth-order valence-corrected chi connectivity index (χ4v) is 5.69. The molecule has 8 heteroatoms. The summed E-state index contributed by atoms with van der Waals surface area (Å²) in [5.74, 6) is 0.268. The van der Waals surface area contributed by atoms with Crippen molar-refractivity contribution in [3.8, 4) is 0 Å². The molecule has 1 amide bonds. The number of nitrogens with zero attached hydrogens (tertiary/aromatic N) is 4. The van der Waals surface area contributed by atoms with E-state index in [2.05, 4.69) is 36.0 Å². The van der Waals surface area contributed by atoms with Crippen molar-refractivity contribution in [1.29, 1.82) is 0 Å². The van der Waals surface area contributed by atoms with E-state index in [1.54, 1.807) is 30.9 Å². The van der Waals surface area contributed by atoms with Crippen LogP contribution in [-0.2, 0) is 17.4 Å². The Hall–Kier alpha value is -3.19. The molecule has 0 spiro atoms. The third-order valence-electron chi connectivity index (χ3n) is 7.70. The summed E-state index contributed by atoms with van der Waals surface area (Å²) < 4.78 is 1.92. The monoisotopic (exact) mass is 547 g/mol. The third kappa shape index (κ3) is 4.73. The van der Waals surface area contributed by atoms with Crippen molar-refractivity contribution in [2.45, 2.75) is 31.8 Å². The van der Waals surface area contributed by atoms with E-state index >= 15 is 0 Å². The molecule has 1 aliphatic carbocycles. The van der Waals surface area contributed by atoms with E-state index in [-0.39, 0.29) is 17.9 Å². The summed E-state index contributed by atoms with van der Waals surface area (Å²) in [7, 11) is 1.92. The number of amides is 1. The molecule has 2 aromatic heterocycles. The molecule has 4 atom stereocenters. The van der Waals surface area contributed by atoms with Crippen molar-refractivity contribution in [2.24, 2.45) is 24.6 Å². The quantitative estimate of drug-likeness (QED) is 0.380. The number of rotatable bonds is 7. The molecule has 5 rings (SSSR count). The summed E-state index contributed by atoms with van der Waals surface area (Å²) in [5, 5.41) is 1.02. The molecule has 0 saturated heterocycles. The average Bonchev–Trinajstić information content (AvgIpc) is 3.35. The Morgan fingerprint density at radius 2 is 2.00 bits per heavy atom. The lowest BCUT2D eigenvalue weighted by molar-refractivity contribution is -0.129. The summed E-state index contributed by atoms with van der Waals surface area (Å²) in [5.41, 5.74) is 10.6. The van der Waals surface area contributed by atoms with Crippen LogP contribution in [0.5, 0.6) is 0 Å². The first-order valence-electron chi connectivity index (χ1n) is 12.8. The van der Waals surface area contributed by atoms with Gasteiger partial charge in [0.05, 0.1) is 24.3 Å². The Morgan fingerprint density at radius 1 is 1.18 bits per heavy atom. The standard InChI is InChI=1S/C30H31Cl2N5O/c1-4-19(2)17-37-26-10-8-21(13-25(26)24(14-29(37)38)20-6-5-7-23(31)12-20)30(33,27-16-34-18-36(27)3)22-9-11-28(32)35-15-22/h5-16,18-19,25-26H,4,17,33H2,1-3H3. The number of aromatic nitrogens is 3. The molecule has 1 aliphatic heterocycles. The van der Waals surface area contributed by atoms with Gasteiger partial charge in [-0.05, 0) is 40.8 Å². The highest BCUT2D eigenvalue weighted by atomic mass is 35.5. The Bertz CT molecular complexity index is 1440. The Labute approximate surface area is 233 Å². The first-order chi connectivity index (χ1) is 18.2. The molecule has 0 fully saturated rings. The lowest BCUT2D eigenvalue weighted by Gasteiger charge is -2.43. The van der Waals surface area contributed by atoms with Crippen LogP contribution in [0.3, 0.4) is 0 Å². The Balaban J connectivity index is 1.68. The van der Waals surface area contributed by atoms with Crippen LogP contribution in [0.2, 0.25) is 10.2 Å². The highest BCUT2D eigenvalue weighted by Gasteiger charge is 2.42. The number of hydrogen-bond donors (Lipinski definition) is 1. The number of hydrogen-bond acceptors (Lipinski definition) is 4. The molecule has 3 aromatic rings. The highest BCUT2D eigenvalue weighted by Crippen LogP contribution is 2.43. The molecule has 1 aromatic carbocycles. The number of aryl methyl sites for hydroxylation is 1. The van der Waals surface area contributed by atoms with Crippen molar-refractivity contribution < 1.29 is 4.79 Å². The minimum atomic E-state index is -1.05. The van der Waals surface area contributed by atoms with Crippen LogP contribution < -0.4 is 5.73 Å². The summed E-state index contributed by atoms with van der Waals surface area (Å²) >= 11 is 12.5. The second-order valence-corrected chi connectivity index (χ2v) is 11.0. The van der Waals surface area contributed by atoms with Gasteiger partial charge in [-0.2, -0.15) is 0 Å². The second-order valence-electron chi connectivity index (χ2n) is 10.2. The van der Waals surface area contributed by atoms with Crippen LogP contribution in [0.1, 0.15) is 37.1 Å². The van der Waals surface area contributed by atoms with Gasteiger partial charge in [0, 0.05) is 42.4 Å². The SMILES string of the molecule is CCC(C)CN1C(=O)C=C(c2cccc(Cl)c2)C2C=C(C(N)(c3ccc(Cl)nc3)c3cncn3C)C=CC21. The number of carbonyl (C=O) groups excluding carboxylic acids is 1. The molecule has 0 bridgehead atoms. The predicted octanol–water partition coefficient (Wildman–Crippen LogP) is 5.78. The fourth-order valence-electron chi connectivity index (χ4n) is 5.39. The molecule has 0 saturated carbocycles. The molecular weight excluding hydrogens is 517 g/mol. The predicted molar refractivity (Wildman–Crippen MR) is 153 cm³/mol. The lowest BCUT2D eigenvalue weighted by Crippen LogP contribution is -2.50. The van der Waals surface area contributed by atoms with Gasteiger partial charge in [0.15, 0.2) is 0 Å². The van der Waals surface area contributed by atoms with Crippen molar-refractivity contribution in [1.82, 2.24) is 19.4 Å². The van der Waals surface area contributed by atoms with Crippen LogP contribution in [0, 0.1) is 11.8 Å². The smallest absolute Gasteiger partial charge is 0.247 e. The molecule has 4 unspecified atom stereocenters. The van der Waals surface area contributed by atoms with Crippen LogP contribution in [0.25, 0.3) is 5.57 Å². The number of benzene rings is 1. The van der Waals surface area contributed by atoms with E-state index in [0.29, 0.717) is 22.6 Å². The fraction of sp³-hybridized carbons (Fsp3) is 0.300. The maximum absolute atomic E-state index is 13.4. The zero-order valence-electron chi connectivity index (χ0n) is 21.7. The molecule has 3 heterocycles. The summed E-state index contributed by atoms with van der Waals surface area (Å²) in [6, 6.07) is 11.2. The summed E-state index contributed by atoms with van der Waals surface area (Å²) in [6.07, 6.45) is 14.3.